The van der Waals surface area contributed by atoms with Gasteiger partial charge in [-0.1, -0.05) is 13.3 Å². The minimum Gasteiger partial charge on any atom is -0.369 e. The summed E-state index contributed by atoms with van der Waals surface area (Å²) in [5, 5.41) is 0. The molecule has 0 saturated carbocycles. The molecule has 1 N–H and O–H groups in total. The second-order valence-electron chi connectivity index (χ2n) is 5.61. The van der Waals surface area contributed by atoms with Crippen LogP contribution >= 0.6 is 0 Å². The molecular weight excluding hydrogens is 286 g/mol. The zero-order valence-electron chi connectivity index (χ0n) is 12.9. The number of likely N-dealkylation sites (N-methyl/N-ethyl adjacent to an activating group) is 1. The van der Waals surface area contributed by atoms with Crippen LogP contribution in [0.4, 0.5) is 11.4 Å². The van der Waals surface area contributed by atoms with E-state index in [1.807, 2.05) is 31.2 Å². The van der Waals surface area contributed by atoms with E-state index in [1.54, 1.807) is 0 Å². The fourth-order valence-electron chi connectivity index (χ4n) is 2.37. The second-order valence-corrected chi connectivity index (χ2v) is 7.45. The van der Waals surface area contributed by atoms with Crippen molar-refractivity contribution in [1.29, 1.82) is 0 Å². The fraction of sp³-hybridized carbons (Fsp3) is 0.600. The lowest BCUT2D eigenvalue weighted by Gasteiger charge is -2.34. The van der Waals surface area contributed by atoms with Crippen LogP contribution in [0.1, 0.15) is 19.8 Å². The third-order valence-corrected chi connectivity index (χ3v) is 5.15. The summed E-state index contributed by atoms with van der Waals surface area (Å²) in [6.45, 7) is 6.13. The Kier molecular flexibility index (Phi) is 5.47. The van der Waals surface area contributed by atoms with E-state index in [2.05, 4.69) is 21.6 Å². The molecule has 0 aromatic heterocycles. The number of hydrogen-bond acceptors (Lipinski definition) is 4. The summed E-state index contributed by atoms with van der Waals surface area (Å²) in [4.78, 5) is 4.64. The third kappa shape index (κ3) is 4.89. The molecule has 0 unspecified atom stereocenters. The number of benzene rings is 1. The first-order valence-corrected chi connectivity index (χ1v) is 9.19. The molecule has 1 fully saturated rings. The smallest absolute Gasteiger partial charge is 0.232 e. The Hall–Kier alpha value is -1.27. The summed E-state index contributed by atoms with van der Waals surface area (Å²) in [6, 6.07) is 7.67. The van der Waals surface area contributed by atoms with E-state index < -0.39 is 10.0 Å². The van der Waals surface area contributed by atoms with E-state index in [4.69, 9.17) is 0 Å². The van der Waals surface area contributed by atoms with Crippen molar-refractivity contribution in [3.63, 3.8) is 0 Å². The molecule has 5 nitrogen and oxygen atoms in total. The summed E-state index contributed by atoms with van der Waals surface area (Å²) in [5.41, 5.74) is 1.79. The SMILES string of the molecule is CCCCS(=O)(=O)Nc1ccc(N2CCN(C)CC2)cc1. The first-order chi connectivity index (χ1) is 10.00. The van der Waals surface area contributed by atoms with Gasteiger partial charge in [0, 0.05) is 37.6 Å². The zero-order valence-corrected chi connectivity index (χ0v) is 13.7. The average molecular weight is 311 g/mol. The molecule has 0 atom stereocenters. The Morgan fingerprint density at radius 1 is 1.10 bits per heavy atom. The molecule has 1 aliphatic heterocycles. The van der Waals surface area contributed by atoms with E-state index in [0.29, 0.717) is 12.1 Å². The first-order valence-electron chi connectivity index (χ1n) is 7.54. The van der Waals surface area contributed by atoms with Crippen LogP contribution < -0.4 is 9.62 Å². The first kappa shape index (κ1) is 16.1. The van der Waals surface area contributed by atoms with Gasteiger partial charge in [0.25, 0.3) is 0 Å². The molecule has 0 amide bonds. The Morgan fingerprint density at radius 3 is 2.29 bits per heavy atom. The van der Waals surface area contributed by atoms with Crippen molar-refractivity contribution < 1.29 is 8.42 Å². The van der Waals surface area contributed by atoms with Crippen LogP contribution in [0.15, 0.2) is 24.3 Å². The normalized spacial score (nSPS) is 17.0. The molecular formula is C15H25N3O2S. The van der Waals surface area contributed by atoms with E-state index in [9.17, 15) is 8.42 Å². The number of sulfonamides is 1. The lowest BCUT2D eigenvalue weighted by molar-refractivity contribution is 0.313. The number of nitrogens with zero attached hydrogens (tertiary/aromatic N) is 2. The van der Waals surface area contributed by atoms with Gasteiger partial charge in [-0.15, -0.1) is 0 Å². The highest BCUT2D eigenvalue weighted by Crippen LogP contribution is 2.20. The molecule has 1 aliphatic rings. The van der Waals surface area contributed by atoms with E-state index in [0.717, 1.165) is 38.3 Å². The molecule has 6 heteroatoms. The van der Waals surface area contributed by atoms with Crippen molar-refractivity contribution >= 4 is 21.4 Å². The van der Waals surface area contributed by atoms with Crippen LogP contribution in [0, 0.1) is 0 Å². The Bertz CT molecular complexity index is 535. The Morgan fingerprint density at radius 2 is 1.71 bits per heavy atom. The minimum absolute atomic E-state index is 0.184. The van der Waals surface area contributed by atoms with E-state index in [-0.39, 0.29) is 5.75 Å². The molecule has 0 radical (unpaired) electrons. The predicted molar refractivity (Wildman–Crippen MR) is 88.5 cm³/mol. The highest BCUT2D eigenvalue weighted by molar-refractivity contribution is 7.92. The maximum atomic E-state index is 11.9. The van der Waals surface area contributed by atoms with Gasteiger partial charge < -0.3 is 9.80 Å². The summed E-state index contributed by atoms with van der Waals surface area (Å²) in [6.07, 6.45) is 1.57. The Balaban J connectivity index is 1.96. The number of anilines is 2. The molecule has 1 saturated heterocycles. The number of hydrogen-bond donors (Lipinski definition) is 1. The minimum atomic E-state index is -3.21. The molecule has 21 heavy (non-hydrogen) atoms. The standard InChI is InChI=1S/C15H25N3O2S/c1-3-4-13-21(19,20)16-14-5-7-15(8-6-14)18-11-9-17(2)10-12-18/h5-8,16H,3-4,9-13H2,1-2H3. The van der Waals surface area contributed by atoms with Gasteiger partial charge in [-0.2, -0.15) is 0 Å². The highest BCUT2D eigenvalue weighted by Gasteiger charge is 2.14. The summed E-state index contributed by atoms with van der Waals surface area (Å²) in [7, 11) is -1.08. The van der Waals surface area contributed by atoms with Crippen molar-refractivity contribution in [3.05, 3.63) is 24.3 Å². The van der Waals surface area contributed by atoms with Crippen LogP contribution in [0.5, 0.6) is 0 Å². The zero-order chi connectivity index (χ0) is 15.3. The summed E-state index contributed by atoms with van der Waals surface area (Å²) < 4.78 is 26.3. The average Bonchev–Trinajstić information content (AvgIpc) is 2.47. The van der Waals surface area contributed by atoms with Crippen molar-refractivity contribution in [2.24, 2.45) is 0 Å². The number of piperazine rings is 1. The van der Waals surface area contributed by atoms with Gasteiger partial charge in [0.1, 0.15) is 0 Å². The van der Waals surface area contributed by atoms with E-state index >= 15 is 0 Å². The molecule has 1 aromatic carbocycles. The maximum absolute atomic E-state index is 11.9. The van der Waals surface area contributed by atoms with Crippen LogP contribution in [-0.2, 0) is 10.0 Å². The predicted octanol–water partition coefficient (Wildman–Crippen LogP) is 1.98. The lowest BCUT2D eigenvalue weighted by Crippen LogP contribution is -2.44. The monoisotopic (exact) mass is 311 g/mol. The second kappa shape index (κ2) is 7.13. The fourth-order valence-corrected chi connectivity index (χ4v) is 3.64. The Labute approximate surface area is 128 Å². The van der Waals surface area contributed by atoms with Gasteiger partial charge in [0.15, 0.2) is 0 Å². The molecule has 2 rings (SSSR count). The molecule has 0 spiro atoms. The van der Waals surface area contributed by atoms with Crippen LogP contribution in [-0.4, -0.2) is 52.3 Å². The quantitative estimate of drug-likeness (QED) is 0.873. The molecule has 118 valence electrons. The van der Waals surface area contributed by atoms with Gasteiger partial charge >= 0.3 is 0 Å². The van der Waals surface area contributed by atoms with Crippen LogP contribution in [0.25, 0.3) is 0 Å². The maximum Gasteiger partial charge on any atom is 0.232 e. The van der Waals surface area contributed by atoms with Crippen LogP contribution in [0.2, 0.25) is 0 Å². The number of nitrogens with one attached hydrogen (secondary N) is 1. The van der Waals surface area contributed by atoms with Gasteiger partial charge in [0.05, 0.1) is 5.75 Å². The number of rotatable bonds is 6. The highest BCUT2D eigenvalue weighted by atomic mass is 32.2. The molecule has 1 heterocycles. The van der Waals surface area contributed by atoms with Crippen molar-refractivity contribution in [2.75, 3.05) is 48.6 Å². The number of unbranched alkanes of at least 4 members (excludes halogenated alkanes) is 1. The van der Waals surface area contributed by atoms with Gasteiger partial charge in [-0.25, -0.2) is 8.42 Å². The van der Waals surface area contributed by atoms with Crippen molar-refractivity contribution in [3.8, 4) is 0 Å². The molecule has 0 aliphatic carbocycles. The van der Waals surface area contributed by atoms with Gasteiger partial charge in [0.2, 0.25) is 10.0 Å². The van der Waals surface area contributed by atoms with Gasteiger partial charge in [-0.3, -0.25) is 4.72 Å². The lowest BCUT2D eigenvalue weighted by atomic mass is 10.2. The topological polar surface area (TPSA) is 52.7 Å². The van der Waals surface area contributed by atoms with Crippen molar-refractivity contribution in [2.45, 2.75) is 19.8 Å². The summed E-state index contributed by atoms with van der Waals surface area (Å²) >= 11 is 0. The van der Waals surface area contributed by atoms with Gasteiger partial charge in [-0.05, 0) is 37.7 Å². The largest absolute Gasteiger partial charge is 0.369 e. The summed E-state index contributed by atoms with van der Waals surface area (Å²) in [5.74, 6) is 0.184. The molecule has 0 bridgehead atoms. The third-order valence-electron chi connectivity index (χ3n) is 3.78. The molecule has 1 aromatic rings. The van der Waals surface area contributed by atoms with Crippen LogP contribution in [0.3, 0.4) is 0 Å². The van der Waals surface area contributed by atoms with Crippen molar-refractivity contribution in [1.82, 2.24) is 4.90 Å². The van der Waals surface area contributed by atoms with E-state index in [1.165, 1.54) is 0 Å².